The number of nitrogens with two attached hydrogens (primary N) is 1. The first-order valence-electron chi connectivity index (χ1n) is 6.33. The highest BCUT2D eigenvalue weighted by Gasteiger charge is 2.10. The van der Waals surface area contributed by atoms with Gasteiger partial charge in [0.25, 0.3) is 0 Å². The molecule has 0 aromatic heterocycles. The summed E-state index contributed by atoms with van der Waals surface area (Å²) < 4.78 is 0. The molecular weight excluding hydrogens is 254 g/mol. The van der Waals surface area contributed by atoms with Crippen LogP contribution in [0.25, 0.3) is 5.57 Å². The van der Waals surface area contributed by atoms with E-state index in [1.54, 1.807) is 0 Å². The fourth-order valence-electron chi connectivity index (χ4n) is 2.17. The normalized spacial score (nSPS) is 12.2. The second kappa shape index (κ2) is 6.05. The van der Waals surface area contributed by atoms with Crippen molar-refractivity contribution in [3.63, 3.8) is 0 Å². The molecular formula is C17H18ClN. The molecule has 0 aliphatic carbocycles. The smallest absolute Gasteiger partial charge is 0.0412 e. The van der Waals surface area contributed by atoms with Crippen molar-refractivity contribution >= 4 is 17.2 Å². The van der Waals surface area contributed by atoms with Crippen molar-refractivity contribution in [2.24, 2.45) is 5.73 Å². The van der Waals surface area contributed by atoms with Gasteiger partial charge >= 0.3 is 0 Å². The monoisotopic (exact) mass is 271 g/mol. The fraction of sp³-hybridized carbons (Fsp3) is 0.176. The van der Waals surface area contributed by atoms with E-state index >= 15 is 0 Å². The third-order valence-corrected chi connectivity index (χ3v) is 3.51. The third-order valence-electron chi connectivity index (χ3n) is 3.27. The number of aryl methyl sites for hydroxylation is 1. The zero-order valence-corrected chi connectivity index (χ0v) is 11.8. The summed E-state index contributed by atoms with van der Waals surface area (Å²) >= 11 is 6.04. The lowest BCUT2D eigenvalue weighted by atomic mass is 9.94. The van der Waals surface area contributed by atoms with Gasteiger partial charge < -0.3 is 5.73 Å². The minimum atomic E-state index is -0.0351. The highest BCUT2D eigenvalue weighted by Crippen LogP contribution is 2.28. The van der Waals surface area contributed by atoms with E-state index in [9.17, 15) is 0 Å². The predicted molar refractivity (Wildman–Crippen MR) is 83.2 cm³/mol. The molecule has 0 saturated heterocycles. The van der Waals surface area contributed by atoms with Crippen LogP contribution in [0.3, 0.4) is 0 Å². The average Bonchev–Trinajstić information content (AvgIpc) is 2.42. The Morgan fingerprint density at radius 2 is 1.89 bits per heavy atom. The van der Waals surface area contributed by atoms with Crippen LogP contribution >= 0.6 is 11.6 Å². The lowest BCUT2D eigenvalue weighted by Crippen LogP contribution is -2.10. The van der Waals surface area contributed by atoms with E-state index in [-0.39, 0.29) is 6.04 Å². The van der Waals surface area contributed by atoms with Gasteiger partial charge in [0.15, 0.2) is 0 Å². The van der Waals surface area contributed by atoms with Gasteiger partial charge in [-0.15, -0.1) is 0 Å². The van der Waals surface area contributed by atoms with Gasteiger partial charge in [0, 0.05) is 11.1 Å². The maximum absolute atomic E-state index is 6.23. The summed E-state index contributed by atoms with van der Waals surface area (Å²) in [7, 11) is 0. The summed E-state index contributed by atoms with van der Waals surface area (Å²) in [6.45, 7) is 6.21. The van der Waals surface area contributed by atoms with Crippen molar-refractivity contribution in [2.75, 3.05) is 0 Å². The molecule has 0 spiro atoms. The minimum Gasteiger partial charge on any atom is -0.324 e. The first kappa shape index (κ1) is 13.9. The Kier molecular flexibility index (Phi) is 4.41. The average molecular weight is 272 g/mol. The Hall–Kier alpha value is -1.57. The molecule has 1 unspecified atom stereocenters. The molecule has 2 heteroatoms. The quantitative estimate of drug-likeness (QED) is 0.853. The Bertz CT molecular complexity index is 575. The van der Waals surface area contributed by atoms with Gasteiger partial charge in [0.2, 0.25) is 0 Å². The number of halogens is 1. The maximum atomic E-state index is 6.23. The van der Waals surface area contributed by atoms with Crippen LogP contribution in [0.5, 0.6) is 0 Å². The van der Waals surface area contributed by atoms with E-state index < -0.39 is 0 Å². The van der Waals surface area contributed by atoms with Crippen molar-refractivity contribution in [3.8, 4) is 0 Å². The second-order valence-electron chi connectivity index (χ2n) is 4.78. The van der Waals surface area contributed by atoms with Gasteiger partial charge in [-0.25, -0.2) is 0 Å². The third kappa shape index (κ3) is 3.46. The van der Waals surface area contributed by atoms with Crippen molar-refractivity contribution in [1.29, 1.82) is 0 Å². The van der Waals surface area contributed by atoms with Gasteiger partial charge in [-0.3, -0.25) is 0 Å². The Balaban J connectivity index is 2.15. The zero-order valence-electron chi connectivity index (χ0n) is 11.1. The van der Waals surface area contributed by atoms with Crippen molar-refractivity contribution in [1.82, 2.24) is 0 Å². The van der Waals surface area contributed by atoms with Gasteiger partial charge in [-0.2, -0.15) is 0 Å². The Morgan fingerprint density at radius 3 is 2.58 bits per heavy atom. The number of hydrogen-bond acceptors (Lipinski definition) is 1. The molecule has 0 aliphatic heterocycles. The maximum Gasteiger partial charge on any atom is 0.0412 e. The molecule has 0 aliphatic rings. The topological polar surface area (TPSA) is 26.0 Å². The number of hydrogen-bond donors (Lipinski definition) is 1. The van der Waals surface area contributed by atoms with Crippen LogP contribution in [0.1, 0.15) is 29.2 Å². The van der Waals surface area contributed by atoms with Gasteiger partial charge in [0.05, 0.1) is 0 Å². The fourth-order valence-corrected chi connectivity index (χ4v) is 2.34. The Morgan fingerprint density at radius 1 is 1.21 bits per heavy atom. The molecule has 2 rings (SSSR count). The molecule has 2 N–H and O–H groups in total. The van der Waals surface area contributed by atoms with Crippen LogP contribution in [-0.4, -0.2) is 0 Å². The number of benzene rings is 2. The molecule has 0 radical (unpaired) electrons. The summed E-state index contributed by atoms with van der Waals surface area (Å²) in [5.74, 6) is 0. The molecule has 1 atom stereocenters. The summed E-state index contributed by atoms with van der Waals surface area (Å²) in [4.78, 5) is 0. The van der Waals surface area contributed by atoms with Crippen molar-refractivity contribution < 1.29 is 0 Å². The molecule has 0 saturated carbocycles. The van der Waals surface area contributed by atoms with Crippen LogP contribution in [0.4, 0.5) is 0 Å². The number of rotatable bonds is 4. The zero-order chi connectivity index (χ0) is 13.8. The SMILES string of the molecule is C=C(CC(N)c1ccccc1)c1cc(Cl)ccc1C. The van der Waals surface area contributed by atoms with Crippen LogP contribution in [0, 0.1) is 6.92 Å². The van der Waals surface area contributed by atoms with E-state index in [1.165, 1.54) is 5.56 Å². The minimum absolute atomic E-state index is 0.0351. The molecule has 0 heterocycles. The van der Waals surface area contributed by atoms with E-state index in [0.29, 0.717) is 0 Å². The molecule has 0 fully saturated rings. The lowest BCUT2D eigenvalue weighted by Gasteiger charge is -2.15. The lowest BCUT2D eigenvalue weighted by molar-refractivity contribution is 0.751. The predicted octanol–water partition coefficient (Wildman–Crippen LogP) is 4.75. The van der Waals surface area contributed by atoms with Gasteiger partial charge in [-0.1, -0.05) is 54.6 Å². The highest BCUT2D eigenvalue weighted by atomic mass is 35.5. The summed E-state index contributed by atoms with van der Waals surface area (Å²) in [6.07, 6.45) is 0.727. The van der Waals surface area contributed by atoms with E-state index in [0.717, 1.165) is 28.1 Å². The first-order chi connectivity index (χ1) is 9.08. The van der Waals surface area contributed by atoms with E-state index in [1.807, 2.05) is 48.5 Å². The summed E-state index contributed by atoms with van der Waals surface area (Å²) in [6, 6.07) is 15.9. The van der Waals surface area contributed by atoms with Crippen LogP contribution in [0.2, 0.25) is 5.02 Å². The van der Waals surface area contributed by atoms with Crippen LogP contribution in [0.15, 0.2) is 55.1 Å². The van der Waals surface area contributed by atoms with Crippen molar-refractivity contribution in [2.45, 2.75) is 19.4 Å². The van der Waals surface area contributed by atoms with E-state index in [2.05, 4.69) is 13.5 Å². The Labute approximate surface area is 119 Å². The molecule has 2 aromatic rings. The molecule has 19 heavy (non-hydrogen) atoms. The van der Waals surface area contributed by atoms with Crippen LogP contribution < -0.4 is 5.73 Å². The van der Waals surface area contributed by atoms with E-state index in [4.69, 9.17) is 17.3 Å². The largest absolute Gasteiger partial charge is 0.324 e. The van der Waals surface area contributed by atoms with Gasteiger partial charge in [0.1, 0.15) is 0 Å². The molecule has 98 valence electrons. The highest BCUT2D eigenvalue weighted by molar-refractivity contribution is 6.30. The summed E-state index contributed by atoms with van der Waals surface area (Å²) in [5.41, 5.74) is 10.7. The van der Waals surface area contributed by atoms with Crippen LogP contribution in [-0.2, 0) is 0 Å². The summed E-state index contributed by atoms with van der Waals surface area (Å²) in [5, 5.41) is 0.732. The van der Waals surface area contributed by atoms with Gasteiger partial charge in [-0.05, 0) is 47.7 Å². The molecule has 1 nitrogen and oxygen atoms in total. The standard InChI is InChI=1S/C17H18ClN/c1-12-8-9-15(18)11-16(12)13(2)10-17(19)14-6-4-3-5-7-14/h3-9,11,17H,2,10,19H2,1H3. The molecule has 0 bridgehead atoms. The molecule has 0 amide bonds. The van der Waals surface area contributed by atoms with Crippen molar-refractivity contribution in [3.05, 3.63) is 76.8 Å². The first-order valence-corrected chi connectivity index (χ1v) is 6.70. The molecule has 2 aromatic carbocycles. The second-order valence-corrected chi connectivity index (χ2v) is 5.22.